The van der Waals surface area contributed by atoms with Gasteiger partial charge in [0.2, 0.25) is 5.91 Å². The molecule has 0 aliphatic carbocycles. The highest BCUT2D eigenvalue weighted by molar-refractivity contribution is 5.90. The molecule has 0 N–H and O–H groups in total. The molecule has 0 atom stereocenters. The number of nitrogens with zero attached hydrogens (tertiary/aromatic N) is 2. The van der Waals surface area contributed by atoms with Crippen LogP contribution in [-0.4, -0.2) is 17.4 Å². The number of aryl methyl sites for hydroxylation is 2. The number of anilines is 1. The summed E-state index contributed by atoms with van der Waals surface area (Å²) in [5.74, 6) is 0.843. The van der Waals surface area contributed by atoms with Crippen LogP contribution in [0.25, 0.3) is 0 Å². The van der Waals surface area contributed by atoms with Crippen molar-refractivity contribution < 1.29 is 9.21 Å². The first-order valence-corrected chi connectivity index (χ1v) is 5.84. The zero-order valence-corrected chi connectivity index (χ0v) is 10.5. The van der Waals surface area contributed by atoms with Crippen LogP contribution in [0.2, 0.25) is 0 Å². The molecule has 4 heteroatoms. The average Bonchev–Trinajstić information content (AvgIpc) is 2.59. The SMILES string of the molecule is CCCCN(C(=O)CC)c1nc(C)c(C)o1. The maximum atomic E-state index is 11.8. The number of carbonyl (C=O) groups is 1. The van der Waals surface area contributed by atoms with Gasteiger partial charge in [-0.15, -0.1) is 0 Å². The van der Waals surface area contributed by atoms with E-state index >= 15 is 0 Å². The van der Waals surface area contributed by atoms with Gasteiger partial charge in [0.25, 0.3) is 0 Å². The molecule has 0 unspecified atom stereocenters. The zero-order valence-electron chi connectivity index (χ0n) is 10.5. The standard InChI is InChI=1S/C12H20N2O2/c1-5-7-8-14(11(15)6-2)12-13-9(3)10(4)16-12/h5-8H2,1-4H3. The van der Waals surface area contributed by atoms with E-state index in [-0.39, 0.29) is 5.91 Å². The third-order valence-electron chi connectivity index (χ3n) is 2.59. The van der Waals surface area contributed by atoms with Crippen LogP contribution in [0.15, 0.2) is 4.42 Å². The van der Waals surface area contributed by atoms with Crippen molar-refractivity contribution in [2.45, 2.75) is 47.0 Å². The summed E-state index contributed by atoms with van der Waals surface area (Å²) in [6.07, 6.45) is 2.49. The normalized spacial score (nSPS) is 10.5. The van der Waals surface area contributed by atoms with E-state index < -0.39 is 0 Å². The van der Waals surface area contributed by atoms with Gasteiger partial charge in [0, 0.05) is 13.0 Å². The molecule has 1 heterocycles. The number of oxazole rings is 1. The fourth-order valence-corrected chi connectivity index (χ4v) is 1.41. The molecule has 90 valence electrons. The molecular weight excluding hydrogens is 204 g/mol. The molecule has 1 rings (SSSR count). The first-order chi connectivity index (χ1) is 7.60. The lowest BCUT2D eigenvalue weighted by molar-refractivity contribution is -0.118. The van der Waals surface area contributed by atoms with E-state index in [0.29, 0.717) is 19.0 Å². The van der Waals surface area contributed by atoms with E-state index in [1.165, 1.54) is 0 Å². The number of carbonyl (C=O) groups excluding carboxylic acids is 1. The van der Waals surface area contributed by atoms with E-state index in [1.54, 1.807) is 4.90 Å². The lowest BCUT2D eigenvalue weighted by Gasteiger charge is -2.17. The minimum absolute atomic E-state index is 0.0645. The van der Waals surface area contributed by atoms with Gasteiger partial charge in [-0.2, -0.15) is 4.98 Å². The van der Waals surface area contributed by atoms with Crippen LogP contribution >= 0.6 is 0 Å². The van der Waals surface area contributed by atoms with Gasteiger partial charge < -0.3 is 4.42 Å². The van der Waals surface area contributed by atoms with Crippen LogP contribution < -0.4 is 4.90 Å². The maximum Gasteiger partial charge on any atom is 0.304 e. The van der Waals surface area contributed by atoms with Crippen LogP contribution in [0.1, 0.15) is 44.6 Å². The third kappa shape index (κ3) is 2.84. The Morgan fingerprint density at radius 1 is 1.38 bits per heavy atom. The first kappa shape index (κ1) is 12.7. The van der Waals surface area contributed by atoms with Crippen LogP contribution in [0.5, 0.6) is 0 Å². The number of amides is 1. The van der Waals surface area contributed by atoms with Crippen LogP contribution in [0.4, 0.5) is 6.01 Å². The predicted octanol–water partition coefficient (Wildman–Crippen LogP) is 2.83. The Morgan fingerprint density at radius 3 is 2.50 bits per heavy atom. The molecule has 1 amide bonds. The van der Waals surface area contributed by atoms with Crippen molar-refractivity contribution in [2.24, 2.45) is 0 Å². The van der Waals surface area contributed by atoms with Gasteiger partial charge in [0.1, 0.15) is 5.76 Å². The summed E-state index contributed by atoms with van der Waals surface area (Å²) >= 11 is 0. The Hall–Kier alpha value is -1.32. The number of aromatic nitrogens is 1. The second-order valence-electron chi connectivity index (χ2n) is 3.89. The Balaban J connectivity index is 2.87. The van der Waals surface area contributed by atoms with Gasteiger partial charge in [-0.3, -0.25) is 9.69 Å². The highest BCUT2D eigenvalue weighted by Gasteiger charge is 2.19. The number of hydrogen-bond acceptors (Lipinski definition) is 3. The van der Waals surface area contributed by atoms with Gasteiger partial charge >= 0.3 is 6.01 Å². The van der Waals surface area contributed by atoms with Crippen molar-refractivity contribution in [1.29, 1.82) is 0 Å². The lowest BCUT2D eigenvalue weighted by Crippen LogP contribution is -2.31. The molecule has 0 saturated heterocycles. The van der Waals surface area contributed by atoms with Gasteiger partial charge in [-0.05, 0) is 20.3 Å². The fourth-order valence-electron chi connectivity index (χ4n) is 1.41. The Labute approximate surface area is 96.7 Å². The van der Waals surface area contributed by atoms with Gasteiger partial charge in [-0.25, -0.2) is 0 Å². The molecule has 0 saturated carbocycles. The number of rotatable bonds is 5. The van der Waals surface area contributed by atoms with Crippen molar-refractivity contribution in [3.63, 3.8) is 0 Å². The summed E-state index contributed by atoms with van der Waals surface area (Å²) < 4.78 is 5.49. The summed E-state index contributed by atoms with van der Waals surface area (Å²) in [4.78, 5) is 17.7. The highest BCUT2D eigenvalue weighted by Crippen LogP contribution is 2.19. The predicted molar refractivity (Wildman–Crippen MR) is 63.5 cm³/mol. The summed E-state index contributed by atoms with van der Waals surface area (Å²) in [6.45, 7) is 8.38. The third-order valence-corrected chi connectivity index (χ3v) is 2.59. The molecule has 1 aromatic heterocycles. The Morgan fingerprint density at radius 2 is 2.06 bits per heavy atom. The quantitative estimate of drug-likeness (QED) is 0.772. The highest BCUT2D eigenvalue weighted by atomic mass is 16.4. The molecule has 0 fully saturated rings. The van der Waals surface area contributed by atoms with E-state index in [9.17, 15) is 4.79 Å². The van der Waals surface area contributed by atoms with Crippen molar-refractivity contribution in [3.05, 3.63) is 11.5 Å². The summed E-state index contributed by atoms with van der Waals surface area (Å²) in [5, 5.41) is 0. The molecular formula is C12H20N2O2. The van der Waals surface area contributed by atoms with E-state index in [0.717, 1.165) is 24.3 Å². The summed E-state index contributed by atoms with van der Waals surface area (Å²) in [5.41, 5.74) is 0.848. The van der Waals surface area contributed by atoms with Crippen LogP contribution in [0.3, 0.4) is 0 Å². The molecule has 0 spiro atoms. The minimum atomic E-state index is 0.0645. The molecule has 0 aliphatic rings. The van der Waals surface area contributed by atoms with Gasteiger partial charge in [-0.1, -0.05) is 20.3 Å². The minimum Gasteiger partial charge on any atom is -0.428 e. The second-order valence-corrected chi connectivity index (χ2v) is 3.89. The topological polar surface area (TPSA) is 46.3 Å². The van der Waals surface area contributed by atoms with Gasteiger partial charge in [0.05, 0.1) is 5.69 Å². The molecule has 16 heavy (non-hydrogen) atoms. The summed E-state index contributed by atoms with van der Waals surface area (Å²) in [6, 6.07) is 0.440. The molecule has 0 radical (unpaired) electrons. The molecule has 0 aliphatic heterocycles. The smallest absolute Gasteiger partial charge is 0.304 e. The van der Waals surface area contributed by atoms with Crippen molar-refractivity contribution >= 4 is 11.9 Å². The molecule has 4 nitrogen and oxygen atoms in total. The largest absolute Gasteiger partial charge is 0.428 e. The van der Waals surface area contributed by atoms with E-state index in [2.05, 4.69) is 11.9 Å². The second kappa shape index (κ2) is 5.68. The maximum absolute atomic E-state index is 11.8. The van der Waals surface area contributed by atoms with E-state index in [1.807, 2.05) is 20.8 Å². The monoisotopic (exact) mass is 224 g/mol. The Kier molecular flexibility index (Phi) is 4.52. The van der Waals surface area contributed by atoms with Crippen molar-refractivity contribution in [1.82, 2.24) is 4.98 Å². The molecule has 1 aromatic rings. The molecule has 0 bridgehead atoms. The Bertz CT molecular complexity index is 338. The number of unbranched alkanes of at least 4 members (excludes halogenated alkanes) is 1. The van der Waals surface area contributed by atoms with Gasteiger partial charge in [0.15, 0.2) is 0 Å². The van der Waals surface area contributed by atoms with E-state index in [4.69, 9.17) is 4.42 Å². The fraction of sp³-hybridized carbons (Fsp3) is 0.667. The zero-order chi connectivity index (χ0) is 12.1. The van der Waals surface area contributed by atoms with Crippen molar-refractivity contribution in [3.8, 4) is 0 Å². The average molecular weight is 224 g/mol. The summed E-state index contributed by atoms with van der Waals surface area (Å²) in [7, 11) is 0. The first-order valence-electron chi connectivity index (χ1n) is 5.84. The lowest BCUT2D eigenvalue weighted by atomic mass is 10.3. The van der Waals surface area contributed by atoms with Crippen LogP contribution in [-0.2, 0) is 4.79 Å². The van der Waals surface area contributed by atoms with Crippen LogP contribution in [0, 0.1) is 13.8 Å². The molecule has 0 aromatic carbocycles. The van der Waals surface area contributed by atoms with Crippen molar-refractivity contribution in [2.75, 3.05) is 11.4 Å². The number of hydrogen-bond donors (Lipinski definition) is 0.